The normalized spacial score (nSPS) is 13.0. The first-order chi connectivity index (χ1) is 7.65. The Morgan fingerprint density at radius 2 is 2.12 bits per heavy atom. The molecule has 0 saturated heterocycles. The van der Waals surface area contributed by atoms with Gasteiger partial charge < -0.3 is 5.32 Å². The maximum Gasteiger partial charge on any atom is 0.0900 e. The average molecular weight is 258 g/mol. The average Bonchev–Trinajstić information content (AvgIpc) is 2.57. The van der Waals surface area contributed by atoms with Gasteiger partial charge in [-0.15, -0.1) is 11.3 Å². The van der Waals surface area contributed by atoms with Crippen LogP contribution in [0.1, 0.15) is 41.4 Å². The lowest BCUT2D eigenvalue weighted by molar-refractivity contribution is 0.544. The lowest BCUT2D eigenvalue weighted by Crippen LogP contribution is -2.20. The molecule has 1 aromatic rings. The van der Waals surface area contributed by atoms with E-state index in [0.29, 0.717) is 6.04 Å². The van der Waals surface area contributed by atoms with Gasteiger partial charge in [0, 0.05) is 10.9 Å². The summed E-state index contributed by atoms with van der Waals surface area (Å²) in [5, 5.41) is 4.72. The minimum absolute atomic E-state index is 0.388. The molecule has 4 heteroatoms. The highest BCUT2D eigenvalue weighted by Gasteiger charge is 2.11. The van der Waals surface area contributed by atoms with E-state index in [1.807, 2.05) is 11.8 Å². The molecule has 1 heterocycles. The van der Waals surface area contributed by atoms with Crippen LogP contribution in [-0.4, -0.2) is 23.5 Å². The highest BCUT2D eigenvalue weighted by Crippen LogP contribution is 2.22. The second kappa shape index (κ2) is 7.30. The molecule has 1 atom stereocenters. The van der Waals surface area contributed by atoms with Crippen molar-refractivity contribution in [2.45, 2.75) is 39.7 Å². The first-order valence-corrected chi connectivity index (χ1v) is 8.02. The minimum Gasteiger partial charge on any atom is -0.309 e. The number of hydrogen-bond donors (Lipinski definition) is 1. The van der Waals surface area contributed by atoms with E-state index in [-0.39, 0.29) is 0 Å². The summed E-state index contributed by atoms with van der Waals surface area (Å²) in [5.41, 5.74) is 1.23. The summed E-state index contributed by atoms with van der Waals surface area (Å²) in [7, 11) is 0. The standard InChI is InChI=1S/C12H22N2S2/c1-9(13-7-5-6-8-15-4)12-10(2)16-11(3)14-12/h9,13H,5-8H2,1-4H3. The van der Waals surface area contributed by atoms with Gasteiger partial charge in [-0.2, -0.15) is 11.8 Å². The second-order valence-electron chi connectivity index (χ2n) is 4.05. The molecule has 0 amide bonds. The monoisotopic (exact) mass is 258 g/mol. The van der Waals surface area contributed by atoms with Crippen molar-refractivity contribution in [3.05, 3.63) is 15.6 Å². The third kappa shape index (κ3) is 4.44. The Kier molecular flexibility index (Phi) is 6.39. The number of aromatic nitrogens is 1. The molecule has 1 aromatic heterocycles. The fourth-order valence-electron chi connectivity index (χ4n) is 1.73. The largest absolute Gasteiger partial charge is 0.309 e. The van der Waals surface area contributed by atoms with Gasteiger partial charge in [0.05, 0.1) is 10.7 Å². The Bertz CT molecular complexity index is 310. The van der Waals surface area contributed by atoms with Gasteiger partial charge in [0.25, 0.3) is 0 Å². The van der Waals surface area contributed by atoms with E-state index in [4.69, 9.17) is 0 Å². The van der Waals surface area contributed by atoms with Gasteiger partial charge in [-0.1, -0.05) is 0 Å². The molecule has 0 saturated carbocycles. The van der Waals surface area contributed by atoms with Crippen LogP contribution in [0.2, 0.25) is 0 Å². The van der Waals surface area contributed by atoms with Crippen LogP contribution in [0, 0.1) is 13.8 Å². The summed E-state index contributed by atoms with van der Waals surface area (Å²) >= 11 is 3.71. The molecule has 0 radical (unpaired) electrons. The van der Waals surface area contributed by atoms with Crippen molar-refractivity contribution >= 4 is 23.1 Å². The SMILES string of the molecule is CSCCCCNC(C)c1nc(C)sc1C. The van der Waals surface area contributed by atoms with Crippen molar-refractivity contribution in [1.82, 2.24) is 10.3 Å². The van der Waals surface area contributed by atoms with Crippen LogP contribution in [0.3, 0.4) is 0 Å². The Morgan fingerprint density at radius 3 is 2.69 bits per heavy atom. The third-order valence-electron chi connectivity index (χ3n) is 2.58. The first-order valence-electron chi connectivity index (χ1n) is 5.81. The minimum atomic E-state index is 0.388. The summed E-state index contributed by atoms with van der Waals surface area (Å²) in [6.45, 7) is 7.53. The molecule has 0 fully saturated rings. The number of unbranched alkanes of at least 4 members (excludes halogenated alkanes) is 1. The number of aryl methyl sites for hydroxylation is 2. The van der Waals surface area contributed by atoms with Crippen molar-refractivity contribution < 1.29 is 0 Å². The lowest BCUT2D eigenvalue weighted by Gasteiger charge is -2.12. The van der Waals surface area contributed by atoms with Crippen molar-refractivity contribution in [2.75, 3.05) is 18.6 Å². The molecule has 0 bridgehead atoms. The zero-order valence-corrected chi connectivity index (χ0v) is 12.3. The lowest BCUT2D eigenvalue weighted by atomic mass is 10.2. The van der Waals surface area contributed by atoms with Gasteiger partial charge in [-0.3, -0.25) is 0 Å². The number of nitrogens with zero attached hydrogens (tertiary/aromatic N) is 1. The van der Waals surface area contributed by atoms with E-state index in [9.17, 15) is 0 Å². The number of hydrogen-bond acceptors (Lipinski definition) is 4. The molecule has 1 N–H and O–H groups in total. The topological polar surface area (TPSA) is 24.9 Å². The van der Waals surface area contributed by atoms with Crippen LogP contribution >= 0.6 is 23.1 Å². The quantitative estimate of drug-likeness (QED) is 0.757. The molecular formula is C12H22N2S2. The fourth-order valence-corrected chi connectivity index (χ4v) is 3.14. The van der Waals surface area contributed by atoms with Gasteiger partial charge in [0.1, 0.15) is 0 Å². The van der Waals surface area contributed by atoms with Crippen LogP contribution in [0.4, 0.5) is 0 Å². The molecule has 0 aliphatic carbocycles. The van der Waals surface area contributed by atoms with Crippen LogP contribution in [0.15, 0.2) is 0 Å². The number of thiazole rings is 1. The molecule has 0 aliphatic heterocycles. The Hall–Kier alpha value is -0.0600. The molecule has 2 nitrogen and oxygen atoms in total. The predicted molar refractivity (Wildman–Crippen MR) is 75.6 cm³/mol. The molecule has 1 unspecified atom stereocenters. The molecule has 0 spiro atoms. The van der Waals surface area contributed by atoms with Crippen molar-refractivity contribution in [2.24, 2.45) is 0 Å². The second-order valence-corrected chi connectivity index (χ2v) is 6.44. The zero-order valence-electron chi connectivity index (χ0n) is 10.7. The van der Waals surface area contributed by atoms with E-state index in [0.717, 1.165) is 6.54 Å². The Morgan fingerprint density at radius 1 is 1.38 bits per heavy atom. The summed E-state index contributed by atoms with van der Waals surface area (Å²) in [6.07, 6.45) is 4.72. The highest BCUT2D eigenvalue weighted by atomic mass is 32.2. The summed E-state index contributed by atoms with van der Waals surface area (Å²) in [5.74, 6) is 1.27. The van der Waals surface area contributed by atoms with E-state index < -0.39 is 0 Å². The maximum atomic E-state index is 4.58. The smallest absolute Gasteiger partial charge is 0.0900 e. The number of thioether (sulfide) groups is 1. The molecule has 92 valence electrons. The third-order valence-corrected chi connectivity index (χ3v) is 4.17. The van der Waals surface area contributed by atoms with Crippen molar-refractivity contribution in [3.63, 3.8) is 0 Å². The van der Waals surface area contributed by atoms with E-state index >= 15 is 0 Å². The van der Waals surface area contributed by atoms with Crippen LogP contribution in [0.25, 0.3) is 0 Å². The van der Waals surface area contributed by atoms with Crippen LogP contribution in [0.5, 0.6) is 0 Å². The zero-order chi connectivity index (χ0) is 12.0. The summed E-state index contributed by atoms with van der Waals surface area (Å²) in [6, 6.07) is 0.388. The van der Waals surface area contributed by atoms with Crippen molar-refractivity contribution in [1.29, 1.82) is 0 Å². The molecule has 1 rings (SSSR count). The van der Waals surface area contributed by atoms with Crippen LogP contribution in [-0.2, 0) is 0 Å². The summed E-state index contributed by atoms with van der Waals surface area (Å²) in [4.78, 5) is 5.93. The number of rotatable bonds is 7. The summed E-state index contributed by atoms with van der Waals surface area (Å²) < 4.78 is 0. The Labute approximate surface area is 107 Å². The van der Waals surface area contributed by atoms with Crippen LogP contribution < -0.4 is 5.32 Å². The van der Waals surface area contributed by atoms with E-state index in [1.54, 1.807) is 11.3 Å². The maximum absolute atomic E-state index is 4.58. The van der Waals surface area contributed by atoms with Gasteiger partial charge >= 0.3 is 0 Å². The molecular weight excluding hydrogens is 236 g/mol. The molecule has 0 aliphatic rings. The Balaban J connectivity index is 2.29. The predicted octanol–water partition coefficient (Wildman–Crippen LogP) is 3.55. The first kappa shape index (κ1) is 14.0. The van der Waals surface area contributed by atoms with E-state index in [1.165, 1.54) is 34.2 Å². The van der Waals surface area contributed by atoms with E-state index in [2.05, 4.69) is 37.3 Å². The fraction of sp³-hybridized carbons (Fsp3) is 0.750. The van der Waals surface area contributed by atoms with Crippen molar-refractivity contribution in [3.8, 4) is 0 Å². The van der Waals surface area contributed by atoms with Gasteiger partial charge in [-0.25, -0.2) is 4.98 Å². The van der Waals surface area contributed by atoms with Gasteiger partial charge in [-0.05, 0) is 52.2 Å². The number of nitrogens with one attached hydrogen (secondary N) is 1. The van der Waals surface area contributed by atoms with Gasteiger partial charge in [0.2, 0.25) is 0 Å². The highest BCUT2D eigenvalue weighted by molar-refractivity contribution is 7.98. The molecule has 0 aromatic carbocycles. The van der Waals surface area contributed by atoms with Gasteiger partial charge in [0.15, 0.2) is 0 Å². The molecule has 16 heavy (non-hydrogen) atoms.